The minimum Gasteiger partial charge on any atom is -0.315 e. The molecule has 96 valence electrons. The Bertz CT molecular complexity index is 458. The highest BCUT2D eigenvalue weighted by Gasteiger charge is 2.22. The van der Waals surface area contributed by atoms with Crippen molar-refractivity contribution < 1.29 is 8.42 Å². The van der Waals surface area contributed by atoms with E-state index in [1.54, 1.807) is 24.3 Å². The zero-order valence-corrected chi connectivity index (χ0v) is 12.2. The zero-order valence-electron chi connectivity index (χ0n) is 9.02. The topological polar surface area (TPSA) is 58.2 Å². The standard InChI is InChI=1S/C10H13BrN2O2S.ClH/c11-8-1-3-10(4-2-8)16(14,15)13-9-5-6-12-7-9;/h1-4,9,12-13H,5-7H2;1H. The van der Waals surface area contributed by atoms with Crippen molar-refractivity contribution in [1.29, 1.82) is 0 Å². The molecule has 1 aromatic rings. The summed E-state index contributed by atoms with van der Waals surface area (Å²) < 4.78 is 27.4. The van der Waals surface area contributed by atoms with Gasteiger partial charge in [0.15, 0.2) is 0 Å². The normalized spacial score (nSPS) is 19.9. The van der Waals surface area contributed by atoms with E-state index in [0.29, 0.717) is 11.4 Å². The van der Waals surface area contributed by atoms with Crippen LogP contribution in [0.2, 0.25) is 0 Å². The molecule has 0 radical (unpaired) electrons. The van der Waals surface area contributed by atoms with Gasteiger partial charge in [0.1, 0.15) is 0 Å². The van der Waals surface area contributed by atoms with Gasteiger partial charge in [-0.2, -0.15) is 0 Å². The predicted molar refractivity (Wildman–Crippen MR) is 73.0 cm³/mol. The number of halogens is 2. The Balaban J connectivity index is 0.00000144. The maximum atomic E-state index is 11.9. The number of rotatable bonds is 3. The van der Waals surface area contributed by atoms with E-state index < -0.39 is 10.0 Å². The summed E-state index contributed by atoms with van der Waals surface area (Å²) in [4.78, 5) is 0.308. The van der Waals surface area contributed by atoms with E-state index in [2.05, 4.69) is 26.0 Å². The third-order valence-corrected chi connectivity index (χ3v) is 4.57. The van der Waals surface area contributed by atoms with Crippen LogP contribution in [0.4, 0.5) is 0 Å². The van der Waals surface area contributed by atoms with Crippen LogP contribution in [-0.4, -0.2) is 27.5 Å². The molecule has 1 atom stereocenters. The molecule has 2 N–H and O–H groups in total. The van der Waals surface area contributed by atoms with Gasteiger partial charge >= 0.3 is 0 Å². The van der Waals surface area contributed by atoms with Gasteiger partial charge in [-0.25, -0.2) is 13.1 Å². The first-order valence-electron chi connectivity index (χ1n) is 5.06. The zero-order chi connectivity index (χ0) is 11.6. The first-order valence-corrected chi connectivity index (χ1v) is 7.34. The minimum absolute atomic E-state index is 0. The Morgan fingerprint density at radius 1 is 1.29 bits per heavy atom. The molecule has 0 bridgehead atoms. The highest BCUT2D eigenvalue weighted by atomic mass is 79.9. The van der Waals surface area contributed by atoms with Crippen molar-refractivity contribution >= 4 is 38.4 Å². The second kappa shape index (κ2) is 6.15. The summed E-state index contributed by atoms with van der Waals surface area (Å²) >= 11 is 3.28. The van der Waals surface area contributed by atoms with Crippen molar-refractivity contribution in [3.05, 3.63) is 28.7 Å². The van der Waals surface area contributed by atoms with Gasteiger partial charge in [-0.3, -0.25) is 0 Å². The SMILES string of the molecule is Cl.O=S(=O)(NC1CCNC1)c1ccc(Br)cc1. The lowest BCUT2D eigenvalue weighted by atomic mass is 10.3. The summed E-state index contributed by atoms with van der Waals surface area (Å²) in [5.74, 6) is 0. The molecule has 1 unspecified atom stereocenters. The van der Waals surface area contributed by atoms with Gasteiger partial charge in [-0.1, -0.05) is 15.9 Å². The van der Waals surface area contributed by atoms with Crippen LogP contribution in [0.1, 0.15) is 6.42 Å². The number of hydrogen-bond acceptors (Lipinski definition) is 3. The molecule has 0 saturated carbocycles. The van der Waals surface area contributed by atoms with Gasteiger partial charge in [0.25, 0.3) is 0 Å². The molecule has 4 nitrogen and oxygen atoms in total. The van der Waals surface area contributed by atoms with Crippen molar-refractivity contribution in [2.75, 3.05) is 13.1 Å². The number of nitrogens with one attached hydrogen (secondary N) is 2. The van der Waals surface area contributed by atoms with E-state index in [0.717, 1.165) is 17.4 Å². The molecule has 17 heavy (non-hydrogen) atoms. The smallest absolute Gasteiger partial charge is 0.240 e. The third kappa shape index (κ3) is 3.93. The second-order valence-electron chi connectivity index (χ2n) is 3.76. The third-order valence-electron chi connectivity index (χ3n) is 2.51. The molecule has 0 aromatic heterocycles. The lowest BCUT2D eigenvalue weighted by molar-refractivity contribution is 0.560. The number of sulfonamides is 1. The highest BCUT2D eigenvalue weighted by molar-refractivity contribution is 9.10. The molecule has 0 aliphatic carbocycles. The van der Waals surface area contributed by atoms with Gasteiger partial charge in [0.05, 0.1) is 4.90 Å². The Kier molecular flexibility index (Phi) is 5.40. The van der Waals surface area contributed by atoms with E-state index in [4.69, 9.17) is 0 Å². The maximum absolute atomic E-state index is 11.9. The van der Waals surface area contributed by atoms with Crippen molar-refractivity contribution in [2.24, 2.45) is 0 Å². The van der Waals surface area contributed by atoms with E-state index >= 15 is 0 Å². The molecule has 1 fully saturated rings. The molecular formula is C10H14BrClN2O2S. The van der Waals surface area contributed by atoms with Crippen LogP contribution in [0.3, 0.4) is 0 Å². The Morgan fingerprint density at radius 3 is 2.47 bits per heavy atom. The molecule has 1 heterocycles. The Labute approximate surface area is 116 Å². The van der Waals surface area contributed by atoms with Crippen LogP contribution in [-0.2, 0) is 10.0 Å². The molecular weight excluding hydrogens is 328 g/mol. The largest absolute Gasteiger partial charge is 0.315 e. The first-order chi connectivity index (χ1) is 7.58. The quantitative estimate of drug-likeness (QED) is 0.876. The van der Waals surface area contributed by atoms with Gasteiger partial charge in [-0.05, 0) is 37.2 Å². The summed E-state index contributed by atoms with van der Waals surface area (Å²) in [6, 6.07) is 6.64. The van der Waals surface area contributed by atoms with Crippen molar-refractivity contribution in [3.8, 4) is 0 Å². The monoisotopic (exact) mass is 340 g/mol. The van der Waals surface area contributed by atoms with Gasteiger partial charge < -0.3 is 5.32 Å². The maximum Gasteiger partial charge on any atom is 0.240 e. The molecule has 0 amide bonds. The number of benzene rings is 1. The van der Waals surface area contributed by atoms with Crippen molar-refractivity contribution in [1.82, 2.24) is 10.0 Å². The fourth-order valence-corrected chi connectivity index (χ4v) is 3.19. The Morgan fingerprint density at radius 2 is 1.94 bits per heavy atom. The minimum atomic E-state index is -3.37. The van der Waals surface area contributed by atoms with Crippen LogP contribution in [0.25, 0.3) is 0 Å². The predicted octanol–water partition coefficient (Wildman–Crippen LogP) is 1.51. The molecule has 1 aliphatic rings. The summed E-state index contributed by atoms with van der Waals surface area (Å²) in [7, 11) is -3.37. The van der Waals surface area contributed by atoms with E-state index in [9.17, 15) is 8.42 Å². The average Bonchev–Trinajstić information content (AvgIpc) is 2.70. The van der Waals surface area contributed by atoms with Gasteiger partial charge in [-0.15, -0.1) is 12.4 Å². The summed E-state index contributed by atoms with van der Waals surface area (Å²) in [5, 5.41) is 3.12. The summed E-state index contributed by atoms with van der Waals surface area (Å²) in [5.41, 5.74) is 0. The molecule has 1 aliphatic heterocycles. The van der Waals surface area contributed by atoms with Crippen molar-refractivity contribution in [2.45, 2.75) is 17.4 Å². The van der Waals surface area contributed by atoms with Crippen LogP contribution in [0.15, 0.2) is 33.6 Å². The fourth-order valence-electron chi connectivity index (χ4n) is 1.66. The van der Waals surface area contributed by atoms with Crippen LogP contribution < -0.4 is 10.0 Å². The van der Waals surface area contributed by atoms with Crippen LogP contribution in [0.5, 0.6) is 0 Å². The lowest BCUT2D eigenvalue weighted by Gasteiger charge is -2.11. The van der Waals surface area contributed by atoms with Crippen LogP contribution in [0, 0.1) is 0 Å². The summed E-state index contributed by atoms with van der Waals surface area (Å²) in [6.45, 7) is 1.57. The number of hydrogen-bond donors (Lipinski definition) is 2. The lowest BCUT2D eigenvalue weighted by Crippen LogP contribution is -2.36. The van der Waals surface area contributed by atoms with Crippen molar-refractivity contribution in [3.63, 3.8) is 0 Å². The fraction of sp³-hybridized carbons (Fsp3) is 0.400. The summed E-state index contributed by atoms with van der Waals surface area (Å²) in [6.07, 6.45) is 0.843. The Hall–Kier alpha value is -0.140. The molecule has 1 aromatic carbocycles. The first kappa shape index (κ1) is 14.9. The molecule has 7 heteroatoms. The molecule has 2 rings (SSSR count). The van der Waals surface area contributed by atoms with Crippen LogP contribution >= 0.6 is 28.3 Å². The van der Waals surface area contributed by atoms with E-state index in [1.807, 2.05) is 0 Å². The average molecular weight is 342 g/mol. The second-order valence-corrected chi connectivity index (χ2v) is 6.39. The van der Waals surface area contributed by atoms with Gasteiger partial charge in [0, 0.05) is 17.1 Å². The van der Waals surface area contributed by atoms with E-state index in [1.165, 1.54) is 0 Å². The molecule has 0 spiro atoms. The molecule has 1 saturated heterocycles. The highest BCUT2D eigenvalue weighted by Crippen LogP contribution is 2.15. The van der Waals surface area contributed by atoms with Gasteiger partial charge in [0.2, 0.25) is 10.0 Å². The van der Waals surface area contributed by atoms with E-state index in [-0.39, 0.29) is 18.4 Å².